The van der Waals surface area contributed by atoms with E-state index in [0.717, 1.165) is 28.6 Å². The van der Waals surface area contributed by atoms with Gasteiger partial charge >= 0.3 is 0 Å². The maximum Gasteiger partial charge on any atom is 0.125 e. The van der Waals surface area contributed by atoms with Crippen LogP contribution < -0.4 is 4.74 Å². The molecule has 98 valence electrons. The summed E-state index contributed by atoms with van der Waals surface area (Å²) >= 11 is 9.95. The third kappa shape index (κ3) is 2.96. The predicted octanol–water partition coefficient (Wildman–Crippen LogP) is 5.12. The predicted molar refractivity (Wildman–Crippen MR) is 81.9 cm³/mol. The van der Waals surface area contributed by atoms with Crippen molar-refractivity contribution >= 4 is 27.5 Å². The zero-order valence-corrected chi connectivity index (χ0v) is 12.7. The fourth-order valence-electron chi connectivity index (χ4n) is 2.45. The average molecular weight is 338 g/mol. The Labute approximate surface area is 126 Å². The van der Waals surface area contributed by atoms with Gasteiger partial charge in [-0.2, -0.15) is 0 Å². The lowest BCUT2D eigenvalue weighted by Crippen LogP contribution is -2.11. The Morgan fingerprint density at radius 2 is 1.95 bits per heavy atom. The minimum Gasteiger partial charge on any atom is -0.485 e. The second-order valence-corrected chi connectivity index (χ2v) is 6.34. The lowest BCUT2D eigenvalue weighted by atomic mass is 10.0. The highest BCUT2D eigenvalue weighted by Crippen LogP contribution is 2.35. The molecule has 2 aromatic carbocycles. The van der Waals surface area contributed by atoms with Gasteiger partial charge in [0.15, 0.2) is 0 Å². The van der Waals surface area contributed by atoms with Gasteiger partial charge in [-0.15, -0.1) is 11.6 Å². The van der Waals surface area contributed by atoms with Crippen molar-refractivity contribution in [2.75, 3.05) is 0 Å². The van der Waals surface area contributed by atoms with E-state index in [2.05, 4.69) is 34.1 Å². The van der Waals surface area contributed by atoms with E-state index < -0.39 is 0 Å². The van der Waals surface area contributed by atoms with E-state index in [4.69, 9.17) is 16.3 Å². The summed E-state index contributed by atoms with van der Waals surface area (Å²) in [5.41, 5.74) is 2.36. The van der Waals surface area contributed by atoms with Crippen molar-refractivity contribution in [3.05, 3.63) is 64.1 Å². The van der Waals surface area contributed by atoms with Crippen molar-refractivity contribution < 1.29 is 4.74 Å². The largest absolute Gasteiger partial charge is 0.485 e. The molecule has 3 rings (SSSR count). The van der Waals surface area contributed by atoms with Crippen LogP contribution in [0.3, 0.4) is 0 Å². The third-order valence-corrected chi connectivity index (χ3v) is 4.20. The molecule has 0 saturated heterocycles. The summed E-state index contributed by atoms with van der Waals surface area (Å²) in [5, 5.41) is 0.104. The Hall–Kier alpha value is -0.990. The normalized spacial score (nSPS) is 22.2. The van der Waals surface area contributed by atoms with Crippen LogP contribution >= 0.6 is 27.5 Å². The molecule has 0 unspecified atom stereocenters. The molecule has 19 heavy (non-hydrogen) atoms. The maximum absolute atomic E-state index is 6.44. The molecule has 1 nitrogen and oxygen atoms in total. The van der Waals surface area contributed by atoms with E-state index in [1.54, 1.807) is 0 Å². The van der Waals surface area contributed by atoms with Crippen molar-refractivity contribution in [2.45, 2.75) is 24.3 Å². The van der Waals surface area contributed by atoms with Gasteiger partial charge < -0.3 is 4.74 Å². The van der Waals surface area contributed by atoms with E-state index in [0.29, 0.717) is 0 Å². The Balaban J connectivity index is 1.95. The van der Waals surface area contributed by atoms with Crippen molar-refractivity contribution in [1.82, 2.24) is 0 Å². The summed E-state index contributed by atoms with van der Waals surface area (Å²) in [6, 6.07) is 16.4. The second-order valence-electron chi connectivity index (χ2n) is 4.81. The molecular formula is C16H14BrClO. The molecule has 0 amide bonds. The highest BCUT2D eigenvalue weighted by molar-refractivity contribution is 9.10. The quantitative estimate of drug-likeness (QED) is 0.656. The van der Waals surface area contributed by atoms with Gasteiger partial charge in [-0.3, -0.25) is 0 Å². The molecule has 2 aromatic rings. The molecule has 1 heterocycles. The molecule has 0 fully saturated rings. The van der Waals surface area contributed by atoms with Crippen LogP contribution in [-0.2, 0) is 6.42 Å². The highest BCUT2D eigenvalue weighted by atomic mass is 79.9. The van der Waals surface area contributed by atoms with Crippen LogP contribution in [0.1, 0.15) is 23.7 Å². The molecule has 1 aliphatic heterocycles. The van der Waals surface area contributed by atoms with Gasteiger partial charge in [0.25, 0.3) is 0 Å². The first-order valence-corrected chi connectivity index (χ1v) is 7.59. The number of hydrogen-bond acceptors (Lipinski definition) is 1. The minimum atomic E-state index is 0.0173. The number of benzene rings is 2. The number of hydrogen-bond donors (Lipinski definition) is 0. The van der Waals surface area contributed by atoms with Crippen molar-refractivity contribution in [2.24, 2.45) is 0 Å². The maximum atomic E-state index is 6.44. The van der Waals surface area contributed by atoms with Gasteiger partial charge in [-0.1, -0.05) is 46.3 Å². The van der Waals surface area contributed by atoms with Gasteiger partial charge in [0, 0.05) is 16.3 Å². The van der Waals surface area contributed by atoms with E-state index in [1.165, 1.54) is 5.56 Å². The number of rotatable bonds is 1. The zero-order valence-electron chi connectivity index (χ0n) is 10.4. The summed E-state index contributed by atoms with van der Waals surface area (Å²) in [7, 11) is 0. The molecule has 0 spiro atoms. The van der Waals surface area contributed by atoms with Crippen LogP contribution in [0.25, 0.3) is 0 Å². The summed E-state index contributed by atoms with van der Waals surface area (Å²) in [6.45, 7) is 0. The molecule has 0 bridgehead atoms. The van der Waals surface area contributed by atoms with Crippen molar-refractivity contribution in [3.63, 3.8) is 0 Å². The summed E-state index contributed by atoms with van der Waals surface area (Å²) in [6.07, 6.45) is 1.71. The lowest BCUT2D eigenvalue weighted by molar-refractivity contribution is 0.201. The van der Waals surface area contributed by atoms with E-state index in [1.807, 2.05) is 30.3 Å². The van der Waals surface area contributed by atoms with E-state index >= 15 is 0 Å². The van der Waals surface area contributed by atoms with Gasteiger partial charge in [0.05, 0.1) is 0 Å². The SMILES string of the molecule is Cl[C@@H]1Cc2ccccc2O[C@H](c2cccc(Br)c2)C1. The van der Waals surface area contributed by atoms with Crippen molar-refractivity contribution in [3.8, 4) is 5.75 Å². The average Bonchev–Trinajstić information content (AvgIpc) is 2.56. The molecule has 0 aromatic heterocycles. The van der Waals surface area contributed by atoms with E-state index in [-0.39, 0.29) is 11.5 Å². The standard InChI is InChI=1S/C16H14BrClO/c17-13-6-3-5-11(8-13)16-10-14(18)9-12-4-1-2-7-15(12)19-16/h1-8,14,16H,9-10H2/t14-,16+/m1/s1. The number of alkyl halides is 1. The van der Waals surface area contributed by atoms with Gasteiger partial charge in [0.1, 0.15) is 11.9 Å². The molecule has 0 saturated carbocycles. The number of para-hydroxylation sites is 1. The Kier molecular flexibility index (Phi) is 3.81. The van der Waals surface area contributed by atoms with Crippen molar-refractivity contribution in [1.29, 1.82) is 0 Å². The minimum absolute atomic E-state index is 0.0173. The number of halogens is 2. The van der Waals surface area contributed by atoms with Crippen LogP contribution in [-0.4, -0.2) is 5.38 Å². The summed E-state index contributed by atoms with van der Waals surface area (Å²) in [5.74, 6) is 0.954. The van der Waals surface area contributed by atoms with Crippen LogP contribution in [0.15, 0.2) is 53.0 Å². The first kappa shape index (κ1) is 13.0. The fraction of sp³-hybridized carbons (Fsp3) is 0.250. The molecule has 0 aliphatic carbocycles. The Bertz CT molecular complexity index is 584. The summed E-state index contributed by atoms with van der Waals surface area (Å²) < 4.78 is 7.23. The molecule has 1 aliphatic rings. The van der Waals surface area contributed by atoms with Crippen LogP contribution in [0.4, 0.5) is 0 Å². The Morgan fingerprint density at radius 3 is 2.79 bits per heavy atom. The van der Waals surface area contributed by atoms with Crippen LogP contribution in [0, 0.1) is 0 Å². The molecular weight excluding hydrogens is 324 g/mol. The smallest absolute Gasteiger partial charge is 0.125 e. The first-order valence-electron chi connectivity index (χ1n) is 6.36. The van der Waals surface area contributed by atoms with E-state index in [9.17, 15) is 0 Å². The van der Waals surface area contributed by atoms with Gasteiger partial charge in [-0.05, 0) is 35.7 Å². The fourth-order valence-corrected chi connectivity index (χ4v) is 3.20. The molecule has 3 heteroatoms. The molecule has 0 N–H and O–H groups in total. The topological polar surface area (TPSA) is 9.23 Å². The lowest BCUT2D eigenvalue weighted by Gasteiger charge is -2.19. The Morgan fingerprint density at radius 1 is 1.11 bits per heavy atom. The highest BCUT2D eigenvalue weighted by Gasteiger charge is 2.24. The number of ether oxygens (including phenoxy) is 1. The zero-order chi connectivity index (χ0) is 13.2. The summed E-state index contributed by atoms with van der Waals surface area (Å²) in [4.78, 5) is 0. The van der Waals surface area contributed by atoms with Crippen LogP contribution in [0.5, 0.6) is 5.75 Å². The molecule has 2 atom stereocenters. The van der Waals surface area contributed by atoms with Gasteiger partial charge in [-0.25, -0.2) is 0 Å². The monoisotopic (exact) mass is 336 g/mol. The molecule has 0 radical (unpaired) electrons. The van der Waals surface area contributed by atoms with Gasteiger partial charge in [0.2, 0.25) is 0 Å². The number of fused-ring (bicyclic) bond motifs is 1. The first-order chi connectivity index (χ1) is 9.22. The van der Waals surface area contributed by atoms with Crippen LogP contribution in [0.2, 0.25) is 0 Å². The third-order valence-electron chi connectivity index (χ3n) is 3.37. The second kappa shape index (κ2) is 5.56.